The minimum atomic E-state index is 0. The van der Waals surface area contributed by atoms with E-state index in [4.69, 9.17) is 0 Å². The number of halogens is 1. The minimum Gasteiger partial charge on any atom is -0.355 e. The number of aryl methyl sites for hydroxylation is 1. The fraction of sp³-hybridized carbons (Fsp3) is 0.524. The van der Waals surface area contributed by atoms with Crippen molar-refractivity contribution >= 4 is 29.9 Å². The van der Waals surface area contributed by atoms with Crippen molar-refractivity contribution in [3.8, 4) is 0 Å². The van der Waals surface area contributed by atoms with Gasteiger partial charge >= 0.3 is 0 Å². The van der Waals surface area contributed by atoms with Gasteiger partial charge in [-0.15, -0.1) is 24.0 Å². The fourth-order valence-corrected chi connectivity index (χ4v) is 3.93. The van der Waals surface area contributed by atoms with E-state index in [1.54, 1.807) is 0 Å². The Morgan fingerprint density at radius 1 is 1.18 bits per heavy atom. The van der Waals surface area contributed by atoms with Gasteiger partial charge in [-0.1, -0.05) is 43.2 Å². The van der Waals surface area contributed by atoms with Gasteiger partial charge in [0.05, 0.1) is 12.2 Å². The molecule has 7 heteroatoms. The second kappa shape index (κ2) is 10.8. The summed E-state index contributed by atoms with van der Waals surface area (Å²) < 4.78 is 1.88. The molecule has 1 aliphatic carbocycles. The van der Waals surface area contributed by atoms with E-state index in [0.29, 0.717) is 12.6 Å². The summed E-state index contributed by atoms with van der Waals surface area (Å²) in [6.07, 6.45) is 6.75. The molecular formula is C21H33IN6. The van der Waals surface area contributed by atoms with E-state index in [1.807, 2.05) is 31.0 Å². The highest BCUT2D eigenvalue weighted by Crippen LogP contribution is 2.31. The third kappa shape index (κ3) is 5.94. The Kier molecular flexibility index (Phi) is 8.75. The summed E-state index contributed by atoms with van der Waals surface area (Å²) in [5.74, 6) is 0.830. The lowest BCUT2D eigenvalue weighted by Gasteiger charge is -2.35. The largest absolute Gasteiger partial charge is 0.355 e. The first-order chi connectivity index (χ1) is 13.1. The topological polar surface area (TPSA) is 66.3 Å². The van der Waals surface area contributed by atoms with Crippen LogP contribution in [-0.4, -0.2) is 34.9 Å². The summed E-state index contributed by atoms with van der Waals surface area (Å²) in [6.45, 7) is 3.83. The van der Waals surface area contributed by atoms with Crippen LogP contribution < -0.4 is 16.0 Å². The smallest absolute Gasteiger partial charge is 0.191 e. The number of aliphatic imine (C=N–C) groups is 1. The lowest BCUT2D eigenvalue weighted by molar-refractivity contribution is 0.297. The summed E-state index contributed by atoms with van der Waals surface area (Å²) in [5.41, 5.74) is 2.58. The Morgan fingerprint density at radius 3 is 2.50 bits per heavy atom. The zero-order valence-corrected chi connectivity index (χ0v) is 19.4. The standard InChI is InChI=1S/C21H32N6.HI/c1-17(18-9-5-4-6-10-18)26-21(12-7-8-13-21)16-24-20(22-2)23-15-19-11-14-25-27(19)3;/h4-6,9-11,14,17,26H,7-8,12-13,15-16H2,1-3H3,(H2,22,23,24);1H. The maximum Gasteiger partial charge on any atom is 0.191 e. The average molecular weight is 496 g/mol. The van der Waals surface area contributed by atoms with Gasteiger partial charge in [-0.05, 0) is 31.4 Å². The normalized spacial score (nSPS) is 17.0. The number of guanidine groups is 1. The highest BCUT2D eigenvalue weighted by Gasteiger charge is 2.35. The third-order valence-corrected chi connectivity index (χ3v) is 5.56. The molecule has 154 valence electrons. The second-order valence-electron chi connectivity index (χ2n) is 7.49. The van der Waals surface area contributed by atoms with Crippen molar-refractivity contribution in [1.29, 1.82) is 0 Å². The van der Waals surface area contributed by atoms with Crippen LogP contribution in [0.2, 0.25) is 0 Å². The molecule has 1 saturated carbocycles. The SMILES string of the molecule is CN=C(NCc1ccnn1C)NCC1(NC(C)c2ccccc2)CCCC1.I. The molecule has 0 bridgehead atoms. The van der Waals surface area contributed by atoms with Gasteiger partial charge in [0.1, 0.15) is 0 Å². The summed E-state index contributed by atoms with van der Waals surface area (Å²) in [6, 6.07) is 13.0. The molecule has 2 aromatic rings. The number of nitrogens with zero attached hydrogens (tertiary/aromatic N) is 3. The summed E-state index contributed by atoms with van der Waals surface area (Å²) in [4.78, 5) is 4.38. The van der Waals surface area contributed by atoms with Crippen molar-refractivity contribution in [3.05, 3.63) is 53.9 Å². The first-order valence-corrected chi connectivity index (χ1v) is 9.86. The van der Waals surface area contributed by atoms with Crippen molar-refractivity contribution in [2.45, 2.75) is 50.7 Å². The van der Waals surface area contributed by atoms with E-state index in [2.05, 4.69) is 63.3 Å². The van der Waals surface area contributed by atoms with Crippen LogP contribution in [0.5, 0.6) is 0 Å². The lowest BCUT2D eigenvalue weighted by Crippen LogP contribution is -2.54. The molecule has 0 aliphatic heterocycles. The Balaban J connectivity index is 0.00000280. The van der Waals surface area contributed by atoms with Crippen molar-refractivity contribution in [1.82, 2.24) is 25.7 Å². The van der Waals surface area contributed by atoms with Crippen LogP contribution in [0.15, 0.2) is 47.6 Å². The van der Waals surface area contributed by atoms with Crippen molar-refractivity contribution in [2.75, 3.05) is 13.6 Å². The average Bonchev–Trinajstić information content (AvgIpc) is 3.32. The molecule has 1 atom stereocenters. The molecule has 0 spiro atoms. The Hall–Kier alpha value is -1.61. The van der Waals surface area contributed by atoms with E-state index < -0.39 is 0 Å². The van der Waals surface area contributed by atoms with Crippen LogP contribution in [-0.2, 0) is 13.6 Å². The first-order valence-electron chi connectivity index (χ1n) is 9.86. The zero-order valence-electron chi connectivity index (χ0n) is 17.1. The number of hydrogen-bond acceptors (Lipinski definition) is 3. The van der Waals surface area contributed by atoms with E-state index in [-0.39, 0.29) is 29.5 Å². The lowest BCUT2D eigenvalue weighted by atomic mass is 9.94. The van der Waals surface area contributed by atoms with Gasteiger partial charge in [0.15, 0.2) is 5.96 Å². The number of hydrogen-bond donors (Lipinski definition) is 3. The number of nitrogens with one attached hydrogen (secondary N) is 3. The summed E-state index contributed by atoms with van der Waals surface area (Å²) in [7, 11) is 3.77. The van der Waals surface area contributed by atoms with Gasteiger partial charge in [-0.2, -0.15) is 5.10 Å². The van der Waals surface area contributed by atoms with Crippen LogP contribution in [0.4, 0.5) is 0 Å². The van der Waals surface area contributed by atoms with Crippen LogP contribution in [0, 0.1) is 0 Å². The molecular weight excluding hydrogens is 463 g/mol. The van der Waals surface area contributed by atoms with Crippen LogP contribution in [0.1, 0.15) is 49.9 Å². The van der Waals surface area contributed by atoms with E-state index in [9.17, 15) is 0 Å². The molecule has 0 amide bonds. The van der Waals surface area contributed by atoms with Gasteiger partial charge < -0.3 is 16.0 Å². The Morgan fingerprint density at radius 2 is 1.89 bits per heavy atom. The highest BCUT2D eigenvalue weighted by atomic mass is 127. The van der Waals surface area contributed by atoms with Gasteiger partial charge in [-0.3, -0.25) is 9.67 Å². The van der Waals surface area contributed by atoms with Gasteiger partial charge in [0.25, 0.3) is 0 Å². The summed E-state index contributed by atoms with van der Waals surface area (Å²) in [5, 5.41) is 15.0. The van der Waals surface area contributed by atoms with Gasteiger partial charge in [0.2, 0.25) is 0 Å². The zero-order chi connectivity index (χ0) is 19.1. The monoisotopic (exact) mass is 496 g/mol. The second-order valence-corrected chi connectivity index (χ2v) is 7.49. The Labute approximate surface area is 185 Å². The summed E-state index contributed by atoms with van der Waals surface area (Å²) >= 11 is 0. The van der Waals surface area contributed by atoms with E-state index in [0.717, 1.165) is 18.2 Å². The molecule has 1 aromatic carbocycles. The quantitative estimate of drug-likeness (QED) is 0.313. The molecule has 3 rings (SSSR count). The molecule has 1 heterocycles. The van der Waals surface area contributed by atoms with Crippen LogP contribution in [0.25, 0.3) is 0 Å². The van der Waals surface area contributed by atoms with Gasteiger partial charge in [0, 0.05) is 38.4 Å². The number of benzene rings is 1. The van der Waals surface area contributed by atoms with Crippen molar-refractivity contribution < 1.29 is 0 Å². The molecule has 0 radical (unpaired) electrons. The Bertz CT molecular complexity index is 736. The predicted molar refractivity (Wildman–Crippen MR) is 126 cm³/mol. The predicted octanol–water partition coefficient (Wildman–Crippen LogP) is 3.37. The molecule has 3 N–H and O–H groups in total. The van der Waals surface area contributed by atoms with E-state index in [1.165, 1.54) is 31.2 Å². The maximum atomic E-state index is 4.38. The molecule has 28 heavy (non-hydrogen) atoms. The molecule has 0 saturated heterocycles. The first kappa shape index (κ1) is 22.7. The number of rotatable bonds is 7. The molecule has 1 aromatic heterocycles. The maximum absolute atomic E-state index is 4.38. The number of aromatic nitrogens is 2. The van der Waals surface area contributed by atoms with Crippen molar-refractivity contribution in [3.63, 3.8) is 0 Å². The molecule has 1 unspecified atom stereocenters. The molecule has 1 aliphatic rings. The minimum absolute atomic E-state index is 0. The van der Waals surface area contributed by atoms with Crippen molar-refractivity contribution in [2.24, 2.45) is 12.0 Å². The fourth-order valence-electron chi connectivity index (χ4n) is 3.93. The molecule has 6 nitrogen and oxygen atoms in total. The van der Waals surface area contributed by atoms with Crippen LogP contribution >= 0.6 is 24.0 Å². The molecule has 1 fully saturated rings. The third-order valence-electron chi connectivity index (χ3n) is 5.56. The van der Waals surface area contributed by atoms with E-state index >= 15 is 0 Å². The van der Waals surface area contributed by atoms with Crippen LogP contribution in [0.3, 0.4) is 0 Å². The van der Waals surface area contributed by atoms with Gasteiger partial charge in [-0.25, -0.2) is 0 Å². The highest BCUT2D eigenvalue weighted by molar-refractivity contribution is 14.0.